The fraction of sp³-hybridized carbons (Fsp3) is 0.480. The van der Waals surface area contributed by atoms with Gasteiger partial charge in [-0.1, -0.05) is 29.1 Å². The molecule has 6 nitrogen and oxygen atoms in total. The zero-order valence-electron chi connectivity index (χ0n) is 19.3. The van der Waals surface area contributed by atoms with Gasteiger partial charge in [0.05, 0.1) is 18.3 Å². The van der Waals surface area contributed by atoms with Crippen molar-refractivity contribution in [1.82, 2.24) is 15.5 Å². The van der Waals surface area contributed by atoms with E-state index >= 15 is 0 Å². The molecule has 3 atom stereocenters. The number of rotatable bonds is 10. The zero-order valence-corrected chi connectivity index (χ0v) is 20.1. The van der Waals surface area contributed by atoms with E-state index in [-0.39, 0.29) is 12.0 Å². The second-order valence-corrected chi connectivity index (χ2v) is 9.18. The molecule has 0 aliphatic heterocycles. The van der Waals surface area contributed by atoms with Crippen LogP contribution in [0, 0.1) is 17.2 Å². The third kappa shape index (κ3) is 5.44. The molecule has 0 bridgehead atoms. The van der Waals surface area contributed by atoms with E-state index in [9.17, 15) is 5.26 Å². The van der Waals surface area contributed by atoms with Crippen molar-refractivity contribution < 1.29 is 9.47 Å². The molecule has 2 aromatic rings. The first-order valence-corrected chi connectivity index (χ1v) is 11.9. The predicted octanol–water partition coefficient (Wildman–Crippen LogP) is 5.09. The minimum absolute atomic E-state index is 0.00877. The summed E-state index contributed by atoms with van der Waals surface area (Å²) in [7, 11) is 1.72. The summed E-state index contributed by atoms with van der Waals surface area (Å²) in [5, 5.41) is 23.9. The van der Waals surface area contributed by atoms with Gasteiger partial charge in [-0.3, -0.25) is 0 Å². The van der Waals surface area contributed by atoms with Gasteiger partial charge < -0.3 is 14.8 Å². The number of nitrogens with zero attached hydrogens (tertiary/aromatic N) is 3. The number of methoxy groups -OCH3 is 1. The Balaban J connectivity index is 1.81. The van der Waals surface area contributed by atoms with Gasteiger partial charge in [-0.25, -0.2) is 0 Å². The quantitative estimate of drug-likeness (QED) is 0.399. The molecule has 0 radical (unpaired) electrons. The summed E-state index contributed by atoms with van der Waals surface area (Å²) in [4.78, 5) is 0. The van der Waals surface area contributed by atoms with Gasteiger partial charge in [-0.05, 0) is 57.7 Å². The van der Waals surface area contributed by atoms with E-state index in [4.69, 9.17) is 9.47 Å². The standard InChI is InChI=1S/C25H32N4O2S/c1-6-19-21(9-10-22(19)27-12-13-30-5)20(7-2)25-29-28-24(32-25)17-8-11-23(31-16(3)4)18(14-17)15-26/h6-8,11,14,16,20-22,27H,2,9-10,12-13H2,1,3-5H3/b19-6+/t20?,21?,22-/m0/s1. The number of hydrogen-bond acceptors (Lipinski definition) is 7. The lowest BCUT2D eigenvalue weighted by atomic mass is 9.87. The third-order valence-electron chi connectivity index (χ3n) is 5.75. The Morgan fingerprint density at radius 3 is 2.81 bits per heavy atom. The first kappa shape index (κ1) is 24.1. The largest absolute Gasteiger partial charge is 0.490 e. The summed E-state index contributed by atoms with van der Waals surface area (Å²) in [5.41, 5.74) is 2.79. The first-order chi connectivity index (χ1) is 15.5. The van der Waals surface area contributed by atoms with Crippen LogP contribution in [0.15, 0.2) is 42.5 Å². The Hall–Kier alpha value is -2.53. The lowest BCUT2D eigenvalue weighted by Crippen LogP contribution is -2.31. The topological polar surface area (TPSA) is 80.1 Å². The van der Waals surface area contributed by atoms with Gasteiger partial charge in [0.2, 0.25) is 0 Å². The molecule has 32 heavy (non-hydrogen) atoms. The van der Waals surface area contributed by atoms with Gasteiger partial charge >= 0.3 is 0 Å². The number of ether oxygens (including phenoxy) is 2. The van der Waals surface area contributed by atoms with E-state index in [1.54, 1.807) is 18.4 Å². The SMILES string of the molecule is C=CC(c1nnc(-c2ccc(OC(C)C)c(C#N)c2)s1)C1CC[C@H](NCCOC)/C1=C/C. The van der Waals surface area contributed by atoms with Crippen LogP contribution >= 0.6 is 11.3 Å². The van der Waals surface area contributed by atoms with Crippen LogP contribution in [0.2, 0.25) is 0 Å². The number of nitriles is 1. The lowest BCUT2D eigenvalue weighted by molar-refractivity contribution is 0.197. The highest BCUT2D eigenvalue weighted by atomic mass is 32.1. The van der Waals surface area contributed by atoms with E-state index in [1.165, 1.54) is 5.57 Å². The molecule has 1 saturated carbocycles. The van der Waals surface area contributed by atoms with Crippen LogP contribution in [-0.4, -0.2) is 42.6 Å². The van der Waals surface area contributed by atoms with Crippen molar-refractivity contribution in [3.05, 3.63) is 53.1 Å². The van der Waals surface area contributed by atoms with Crippen molar-refractivity contribution in [3.8, 4) is 22.4 Å². The molecule has 1 aliphatic rings. The summed E-state index contributed by atoms with van der Waals surface area (Å²) >= 11 is 1.57. The van der Waals surface area contributed by atoms with Crippen LogP contribution in [0.4, 0.5) is 0 Å². The highest BCUT2D eigenvalue weighted by Crippen LogP contribution is 2.43. The van der Waals surface area contributed by atoms with Crippen LogP contribution < -0.4 is 10.1 Å². The van der Waals surface area contributed by atoms with Gasteiger partial charge in [0.15, 0.2) is 0 Å². The molecule has 1 heterocycles. The van der Waals surface area contributed by atoms with E-state index in [2.05, 4.69) is 41.2 Å². The number of allylic oxidation sites excluding steroid dienone is 2. The van der Waals surface area contributed by atoms with Gasteiger partial charge in [0, 0.05) is 31.2 Å². The first-order valence-electron chi connectivity index (χ1n) is 11.1. The molecule has 170 valence electrons. The van der Waals surface area contributed by atoms with Crippen molar-refractivity contribution in [2.75, 3.05) is 20.3 Å². The minimum Gasteiger partial charge on any atom is -0.490 e. The third-order valence-corrected chi connectivity index (χ3v) is 6.82. The number of benzene rings is 1. The Morgan fingerprint density at radius 1 is 1.34 bits per heavy atom. The smallest absolute Gasteiger partial charge is 0.147 e. The molecular weight excluding hydrogens is 420 g/mol. The molecule has 0 amide bonds. The van der Waals surface area contributed by atoms with Crippen molar-refractivity contribution >= 4 is 11.3 Å². The summed E-state index contributed by atoms with van der Waals surface area (Å²) in [6.45, 7) is 11.6. The zero-order chi connectivity index (χ0) is 23.1. The molecule has 1 aliphatic carbocycles. The predicted molar refractivity (Wildman–Crippen MR) is 129 cm³/mol. The summed E-state index contributed by atoms with van der Waals surface area (Å²) in [5.74, 6) is 1.06. The number of hydrogen-bond donors (Lipinski definition) is 1. The van der Waals surface area contributed by atoms with Crippen molar-refractivity contribution in [2.45, 2.75) is 51.7 Å². The molecule has 1 aromatic heterocycles. The van der Waals surface area contributed by atoms with Crippen molar-refractivity contribution in [2.24, 2.45) is 5.92 Å². The number of nitrogens with one attached hydrogen (secondary N) is 1. The van der Waals surface area contributed by atoms with Crippen LogP contribution in [0.3, 0.4) is 0 Å². The van der Waals surface area contributed by atoms with Crippen LogP contribution in [0.5, 0.6) is 5.75 Å². The molecule has 1 aromatic carbocycles. The summed E-state index contributed by atoms with van der Waals surface area (Å²) in [6, 6.07) is 8.19. The molecular formula is C25H32N4O2S. The average molecular weight is 453 g/mol. The molecule has 0 spiro atoms. The highest BCUT2D eigenvalue weighted by Gasteiger charge is 2.35. The van der Waals surface area contributed by atoms with E-state index < -0.39 is 0 Å². The molecule has 1 fully saturated rings. The highest BCUT2D eigenvalue weighted by molar-refractivity contribution is 7.14. The Labute approximate surface area is 195 Å². The molecule has 3 rings (SSSR count). The summed E-state index contributed by atoms with van der Waals surface area (Å²) < 4.78 is 10.9. The number of aromatic nitrogens is 2. The monoisotopic (exact) mass is 452 g/mol. The fourth-order valence-electron chi connectivity index (χ4n) is 4.33. The maximum absolute atomic E-state index is 9.54. The van der Waals surface area contributed by atoms with Crippen LogP contribution in [0.1, 0.15) is 50.1 Å². The van der Waals surface area contributed by atoms with Gasteiger partial charge in [0.25, 0.3) is 0 Å². The van der Waals surface area contributed by atoms with E-state index in [0.29, 0.717) is 29.9 Å². The van der Waals surface area contributed by atoms with E-state index in [1.807, 2.05) is 38.1 Å². The molecule has 2 unspecified atom stereocenters. The van der Waals surface area contributed by atoms with Crippen LogP contribution in [0.25, 0.3) is 10.6 Å². The minimum atomic E-state index is 0.00877. The van der Waals surface area contributed by atoms with Crippen molar-refractivity contribution in [1.29, 1.82) is 5.26 Å². The fourth-order valence-corrected chi connectivity index (χ4v) is 5.33. The van der Waals surface area contributed by atoms with Crippen LogP contribution in [-0.2, 0) is 4.74 Å². The summed E-state index contributed by atoms with van der Waals surface area (Å²) in [6.07, 6.45) is 6.40. The lowest BCUT2D eigenvalue weighted by Gasteiger charge is -2.22. The van der Waals surface area contributed by atoms with Crippen molar-refractivity contribution in [3.63, 3.8) is 0 Å². The maximum atomic E-state index is 9.54. The Morgan fingerprint density at radius 2 is 2.16 bits per heavy atom. The molecule has 7 heteroatoms. The van der Waals surface area contributed by atoms with Gasteiger partial charge in [-0.15, -0.1) is 16.8 Å². The average Bonchev–Trinajstić information content (AvgIpc) is 3.42. The molecule has 1 N–H and O–H groups in total. The second-order valence-electron chi connectivity index (χ2n) is 8.17. The Bertz CT molecular complexity index is 992. The molecule has 0 saturated heterocycles. The van der Waals surface area contributed by atoms with E-state index in [0.717, 1.165) is 35.0 Å². The normalized spacial score (nSPS) is 20.4. The van der Waals surface area contributed by atoms with Gasteiger partial charge in [-0.2, -0.15) is 5.26 Å². The Kier molecular flexibility index (Phi) is 8.57. The second kappa shape index (κ2) is 11.4. The maximum Gasteiger partial charge on any atom is 0.147 e. The van der Waals surface area contributed by atoms with Gasteiger partial charge in [0.1, 0.15) is 21.8 Å².